The van der Waals surface area contributed by atoms with Crippen LogP contribution in [0.5, 0.6) is 0 Å². The summed E-state index contributed by atoms with van der Waals surface area (Å²) in [4.78, 5) is 14.1. The summed E-state index contributed by atoms with van der Waals surface area (Å²) in [7, 11) is 0. The number of hydrogen-bond donors (Lipinski definition) is 1. The molecule has 2 N–H and O–H groups in total. The maximum Gasteiger partial charge on any atom is 0.228 e. The molecule has 0 saturated carbocycles. The second kappa shape index (κ2) is 5.82. The van der Waals surface area contributed by atoms with Crippen molar-refractivity contribution in [3.05, 3.63) is 35.9 Å². The molecule has 1 rings (SSSR count). The molecule has 0 fully saturated rings. The molecular formula is C14H22N2O. The Morgan fingerprint density at radius 1 is 1.24 bits per heavy atom. The van der Waals surface area contributed by atoms with Crippen molar-refractivity contribution in [1.29, 1.82) is 0 Å². The van der Waals surface area contributed by atoms with E-state index in [1.165, 1.54) is 0 Å². The molecule has 1 aromatic carbocycles. The van der Waals surface area contributed by atoms with Crippen molar-refractivity contribution in [3.63, 3.8) is 0 Å². The van der Waals surface area contributed by atoms with E-state index in [4.69, 9.17) is 5.73 Å². The van der Waals surface area contributed by atoms with E-state index in [1.807, 2.05) is 56.0 Å². The average molecular weight is 234 g/mol. The zero-order chi connectivity index (χ0) is 12.9. The van der Waals surface area contributed by atoms with Gasteiger partial charge < -0.3 is 10.6 Å². The summed E-state index contributed by atoms with van der Waals surface area (Å²) >= 11 is 0. The Morgan fingerprint density at radius 2 is 1.82 bits per heavy atom. The minimum Gasteiger partial charge on any atom is -0.337 e. The third-order valence-corrected chi connectivity index (χ3v) is 2.54. The highest BCUT2D eigenvalue weighted by molar-refractivity contribution is 5.81. The molecule has 0 radical (unpaired) electrons. The fraction of sp³-hybridized carbons (Fsp3) is 0.500. The first-order valence-corrected chi connectivity index (χ1v) is 5.98. The molecule has 94 valence electrons. The van der Waals surface area contributed by atoms with Crippen molar-refractivity contribution in [2.45, 2.75) is 27.3 Å². The van der Waals surface area contributed by atoms with Crippen LogP contribution < -0.4 is 5.73 Å². The van der Waals surface area contributed by atoms with E-state index >= 15 is 0 Å². The van der Waals surface area contributed by atoms with E-state index in [2.05, 4.69) is 0 Å². The lowest BCUT2D eigenvalue weighted by atomic mass is 9.94. The Labute approximate surface area is 104 Å². The van der Waals surface area contributed by atoms with Gasteiger partial charge >= 0.3 is 0 Å². The van der Waals surface area contributed by atoms with Gasteiger partial charge in [0, 0.05) is 25.0 Å². The van der Waals surface area contributed by atoms with Crippen LogP contribution in [0.4, 0.5) is 0 Å². The summed E-state index contributed by atoms with van der Waals surface area (Å²) in [5.74, 6) is 0.145. The summed E-state index contributed by atoms with van der Waals surface area (Å²) in [5.41, 5.74) is 6.35. The van der Waals surface area contributed by atoms with Gasteiger partial charge in [0.25, 0.3) is 0 Å². The van der Waals surface area contributed by atoms with Crippen molar-refractivity contribution >= 4 is 5.91 Å². The summed E-state index contributed by atoms with van der Waals surface area (Å²) in [6.07, 6.45) is 0. The van der Waals surface area contributed by atoms with Crippen LogP contribution in [-0.2, 0) is 11.3 Å². The highest BCUT2D eigenvalue weighted by Gasteiger charge is 2.26. The lowest BCUT2D eigenvalue weighted by Gasteiger charge is -2.29. The standard InChI is InChI=1S/C14H22N2O/c1-14(2,3)13(17)16(10-9-15)11-12-7-5-4-6-8-12/h4-8H,9-11,15H2,1-3H3. The zero-order valence-electron chi connectivity index (χ0n) is 10.9. The number of carbonyl (C=O) groups is 1. The van der Waals surface area contributed by atoms with E-state index in [0.717, 1.165) is 5.56 Å². The smallest absolute Gasteiger partial charge is 0.228 e. The summed E-state index contributed by atoms with van der Waals surface area (Å²) < 4.78 is 0. The van der Waals surface area contributed by atoms with Gasteiger partial charge in [0.05, 0.1) is 0 Å². The van der Waals surface area contributed by atoms with Crippen LogP contribution in [0.15, 0.2) is 30.3 Å². The average Bonchev–Trinajstić information content (AvgIpc) is 2.28. The van der Waals surface area contributed by atoms with Gasteiger partial charge in [-0.1, -0.05) is 51.1 Å². The van der Waals surface area contributed by atoms with Crippen LogP contribution in [0.2, 0.25) is 0 Å². The minimum absolute atomic E-state index is 0.145. The first-order chi connectivity index (χ1) is 7.95. The lowest BCUT2D eigenvalue weighted by Crippen LogP contribution is -2.41. The zero-order valence-corrected chi connectivity index (χ0v) is 10.9. The number of amides is 1. The Hall–Kier alpha value is -1.35. The van der Waals surface area contributed by atoms with Crippen LogP contribution in [-0.4, -0.2) is 23.9 Å². The number of nitrogens with zero attached hydrogens (tertiary/aromatic N) is 1. The lowest BCUT2D eigenvalue weighted by molar-refractivity contribution is -0.140. The minimum atomic E-state index is -0.357. The van der Waals surface area contributed by atoms with Gasteiger partial charge in [0.1, 0.15) is 0 Å². The van der Waals surface area contributed by atoms with Crippen LogP contribution >= 0.6 is 0 Å². The molecule has 0 aliphatic carbocycles. The Morgan fingerprint density at radius 3 is 2.29 bits per heavy atom. The molecule has 0 atom stereocenters. The Balaban J connectivity index is 2.77. The summed E-state index contributed by atoms with van der Waals surface area (Å²) in [6, 6.07) is 10.00. The molecule has 3 nitrogen and oxygen atoms in total. The highest BCUT2D eigenvalue weighted by Crippen LogP contribution is 2.18. The molecule has 0 aromatic heterocycles. The third kappa shape index (κ3) is 4.19. The van der Waals surface area contributed by atoms with Crippen molar-refractivity contribution in [1.82, 2.24) is 4.90 Å². The number of nitrogens with two attached hydrogens (primary N) is 1. The largest absolute Gasteiger partial charge is 0.337 e. The van der Waals surface area contributed by atoms with Gasteiger partial charge in [-0.05, 0) is 5.56 Å². The van der Waals surface area contributed by atoms with Gasteiger partial charge in [0.15, 0.2) is 0 Å². The molecule has 1 aromatic rings. The van der Waals surface area contributed by atoms with Crippen LogP contribution in [0, 0.1) is 5.41 Å². The number of benzene rings is 1. The number of hydrogen-bond acceptors (Lipinski definition) is 2. The highest BCUT2D eigenvalue weighted by atomic mass is 16.2. The molecular weight excluding hydrogens is 212 g/mol. The van der Waals surface area contributed by atoms with Crippen LogP contribution in [0.25, 0.3) is 0 Å². The molecule has 0 spiro atoms. The Kier molecular flexibility index (Phi) is 4.70. The van der Waals surface area contributed by atoms with E-state index in [1.54, 1.807) is 0 Å². The van der Waals surface area contributed by atoms with Gasteiger partial charge in [-0.2, -0.15) is 0 Å². The molecule has 0 aliphatic heterocycles. The maximum absolute atomic E-state index is 12.2. The maximum atomic E-state index is 12.2. The predicted molar refractivity (Wildman–Crippen MR) is 70.4 cm³/mol. The fourth-order valence-corrected chi connectivity index (χ4v) is 1.69. The topological polar surface area (TPSA) is 46.3 Å². The molecule has 17 heavy (non-hydrogen) atoms. The predicted octanol–water partition coefficient (Wildman–Crippen LogP) is 2.02. The van der Waals surface area contributed by atoms with Crippen molar-refractivity contribution < 1.29 is 4.79 Å². The van der Waals surface area contributed by atoms with Gasteiger partial charge in [-0.15, -0.1) is 0 Å². The second-order valence-electron chi connectivity index (χ2n) is 5.25. The third-order valence-electron chi connectivity index (χ3n) is 2.54. The van der Waals surface area contributed by atoms with E-state index < -0.39 is 0 Å². The van der Waals surface area contributed by atoms with Crippen LogP contribution in [0.1, 0.15) is 26.3 Å². The molecule has 3 heteroatoms. The van der Waals surface area contributed by atoms with Crippen molar-refractivity contribution in [2.75, 3.05) is 13.1 Å². The van der Waals surface area contributed by atoms with Crippen molar-refractivity contribution in [3.8, 4) is 0 Å². The SMILES string of the molecule is CC(C)(C)C(=O)N(CCN)Cc1ccccc1. The molecule has 0 aliphatic rings. The number of rotatable bonds is 4. The van der Waals surface area contributed by atoms with Gasteiger partial charge in [-0.25, -0.2) is 0 Å². The fourth-order valence-electron chi connectivity index (χ4n) is 1.69. The molecule has 0 bridgehead atoms. The van der Waals surface area contributed by atoms with Gasteiger partial charge in [0.2, 0.25) is 5.91 Å². The van der Waals surface area contributed by atoms with Crippen molar-refractivity contribution in [2.24, 2.45) is 11.1 Å². The summed E-state index contributed by atoms with van der Waals surface area (Å²) in [6.45, 7) is 7.53. The molecule has 0 saturated heterocycles. The quantitative estimate of drug-likeness (QED) is 0.866. The molecule has 0 unspecified atom stereocenters. The number of carbonyl (C=O) groups excluding carboxylic acids is 1. The van der Waals surface area contributed by atoms with Gasteiger partial charge in [-0.3, -0.25) is 4.79 Å². The first-order valence-electron chi connectivity index (χ1n) is 5.98. The normalized spacial score (nSPS) is 11.3. The van der Waals surface area contributed by atoms with Crippen LogP contribution in [0.3, 0.4) is 0 Å². The molecule has 1 amide bonds. The summed E-state index contributed by atoms with van der Waals surface area (Å²) in [5, 5.41) is 0. The monoisotopic (exact) mass is 234 g/mol. The van der Waals surface area contributed by atoms with E-state index in [-0.39, 0.29) is 11.3 Å². The molecule has 0 heterocycles. The van der Waals surface area contributed by atoms with E-state index in [9.17, 15) is 4.79 Å². The Bertz CT molecular complexity index is 354. The second-order valence-corrected chi connectivity index (χ2v) is 5.25. The van der Waals surface area contributed by atoms with E-state index in [0.29, 0.717) is 19.6 Å². The first kappa shape index (κ1) is 13.7.